The summed E-state index contributed by atoms with van der Waals surface area (Å²) >= 11 is 0. The van der Waals surface area contributed by atoms with E-state index in [1.165, 1.54) is 0 Å². The van der Waals surface area contributed by atoms with Crippen LogP contribution in [0.1, 0.15) is 20.7 Å². The van der Waals surface area contributed by atoms with Crippen LogP contribution in [0, 0.1) is 5.92 Å². The Kier molecular flexibility index (Phi) is 5.50. The van der Waals surface area contributed by atoms with E-state index in [0.717, 1.165) is 0 Å². The van der Waals surface area contributed by atoms with Crippen molar-refractivity contribution in [2.24, 2.45) is 5.92 Å². The zero-order valence-electron chi connectivity index (χ0n) is 10.9. The van der Waals surface area contributed by atoms with Gasteiger partial charge in [-0.2, -0.15) is 0 Å². The molecule has 20 heavy (non-hydrogen) atoms. The van der Waals surface area contributed by atoms with Crippen molar-refractivity contribution in [1.82, 2.24) is 6.15 Å². The highest BCUT2D eigenvalue weighted by molar-refractivity contribution is 6.23. The molecule has 0 radical (unpaired) electrons. The van der Waals surface area contributed by atoms with Gasteiger partial charge in [0.05, 0.1) is 0 Å². The molecule has 0 aliphatic rings. The van der Waals surface area contributed by atoms with Crippen LogP contribution in [0.2, 0.25) is 0 Å². The largest absolute Gasteiger partial charge is 0.344 e. The maximum Gasteiger partial charge on any atom is 0.180 e. The zero-order valence-corrected chi connectivity index (χ0v) is 10.9. The Morgan fingerprint density at radius 2 is 1.10 bits per heavy atom. The highest BCUT2D eigenvalue weighted by Gasteiger charge is 2.27. The first-order chi connectivity index (χ1) is 9.24. The van der Waals surface area contributed by atoms with Gasteiger partial charge in [-0.05, 0) is 0 Å². The molecule has 0 saturated carbocycles. The lowest BCUT2D eigenvalue weighted by atomic mass is 9.91. The summed E-state index contributed by atoms with van der Waals surface area (Å²) in [6.07, 6.45) is 0.407. The molecule has 2 rings (SSSR count). The van der Waals surface area contributed by atoms with Gasteiger partial charge in [0, 0.05) is 11.1 Å². The predicted octanol–water partition coefficient (Wildman–Crippen LogP) is 2.73. The van der Waals surface area contributed by atoms with Gasteiger partial charge in [-0.1, -0.05) is 60.7 Å². The molecule has 0 aliphatic carbocycles. The first-order valence-corrected chi connectivity index (χ1v) is 5.88. The van der Waals surface area contributed by atoms with Crippen LogP contribution in [-0.2, 0) is 4.79 Å². The van der Waals surface area contributed by atoms with Crippen molar-refractivity contribution in [3.05, 3.63) is 71.8 Å². The smallest absolute Gasteiger partial charge is 0.180 e. The molecule has 0 spiro atoms. The van der Waals surface area contributed by atoms with Crippen LogP contribution in [0.5, 0.6) is 0 Å². The molecule has 0 fully saturated rings. The lowest BCUT2D eigenvalue weighted by molar-refractivity contribution is -0.108. The van der Waals surface area contributed by atoms with E-state index < -0.39 is 17.5 Å². The Labute approximate surface area is 117 Å². The number of ketones is 2. The molecule has 0 saturated heterocycles. The Hall–Kier alpha value is -2.59. The summed E-state index contributed by atoms with van der Waals surface area (Å²) < 4.78 is 0. The van der Waals surface area contributed by atoms with Gasteiger partial charge in [-0.25, -0.2) is 0 Å². The molecular weight excluding hydrogens is 254 g/mol. The topological polar surface area (TPSA) is 86.2 Å². The predicted molar refractivity (Wildman–Crippen MR) is 76.1 cm³/mol. The van der Waals surface area contributed by atoms with E-state index in [1.54, 1.807) is 60.7 Å². The maximum absolute atomic E-state index is 12.1. The average molecular weight is 269 g/mol. The highest BCUT2D eigenvalue weighted by Crippen LogP contribution is 2.13. The van der Waals surface area contributed by atoms with Crippen LogP contribution in [0.4, 0.5) is 0 Å². The first kappa shape index (κ1) is 15.5. The van der Waals surface area contributed by atoms with Gasteiger partial charge in [-0.3, -0.25) is 9.59 Å². The third-order valence-corrected chi connectivity index (χ3v) is 2.82. The van der Waals surface area contributed by atoms with Gasteiger partial charge in [0.2, 0.25) is 0 Å². The molecule has 0 unspecified atom stereocenters. The second kappa shape index (κ2) is 7.11. The Bertz CT molecular complexity index is 542. The van der Waals surface area contributed by atoms with Crippen LogP contribution in [0.3, 0.4) is 0 Å². The fraction of sp³-hybridized carbons (Fsp3) is 0.0625. The second-order valence-electron chi connectivity index (χ2n) is 4.07. The number of rotatable bonds is 5. The molecule has 102 valence electrons. The van der Waals surface area contributed by atoms with Crippen molar-refractivity contribution < 1.29 is 14.4 Å². The summed E-state index contributed by atoms with van der Waals surface area (Å²) in [4.78, 5) is 35.4. The minimum Gasteiger partial charge on any atom is -0.344 e. The molecule has 4 nitrogen and oxygen atoms in total. The standard InChI is InChI=1S/C16H12O3.H3N/c17-11-14(15(18)12-7-3-1-4-8-12)16(19)13-9-5-2-6-10-13;/h1-11,14H;1H3. The van der Waals surface area contributed by atoms with E-state index in [0.29, 0.717) is 17.4 Å². The minimum atomic E-state index is -1.27. The van der Waals surface area contributed by atoms with Crippen molar-refractivity contribution in [1.29, 1.82) is 0 Å². The number of hydrogen-bond donors (Lipinski definition) is 1. The molecular formula is C16H15NO3. The number of carbonyl (C=O) groups is 3. The molecule has 3 N–H and O–H groups in total. The number of aldehydes is 1. The monoisotopic (exact) mass is 269 g/mol. The number of Topliss-reactive ketones (excluding diaryl/α,β-unsaturated/α-hetero) is 2. The Morgan fingerprint density at radius 3 is 1.40 bits per heavy atom. The van der Waals surface area contributed by atoms with Gasteiger partial charge in [-0.15, -0.1) is 0 Å². The quantitative estimate of drug-likeness (QED) is 0.513. The summed E-state index contributed by atoms with van der Waals surface area (Å²) in [5.41, 5.74) is 0.729. The van der Waals surface area contributed by atoms with Gasteiger partial charge in [0.1, 0.15) is 12.2 Å². The SMILES string of the molecule is N.O=CC(C(=O)c1ccccc1)C(=O)c1ccccc1. The van der Waals surface area contributed by atoms with E-state index >= 15 is 0 Å². The number of benzene rings is 2. The van der Waals surface area contributed by atoms with Crippen LogP contribution < -0.4 is 6.15 Å². The van der Waals surface area contributed by atoms with Gasteiger partial charge in [0.25, 0.3) is 0 Å². The van der Waals surface area contributed by atoms with Gasteiger partial charge < -0.3 is 10.9 Å². The summed E-state index contributed by atoms with van der Waals surface area (Å²) in [7, 11) is 0. The molecule has 2 aromatic rings. The minimum absolute atomic E-state index is 0. The second-order valence-corrected chi connectivity index (χ2v) is 4.07. The molecule has 0 bridgehead atoms. The fourth-order valence-corrected chi connectivity index (χ4v) is 1.81. The van der Waals surface area contributed by atoms with Crippen LogP contribution in [0.15, 0.2) is 60.7 Å². The number of hydrogen-bond acceptors (Lipinski definition) is 4. The third-order valence-electron chi connectivity index (χ3n) is 2.82. The summed E-state index contributed by atoms with van der Waals surface area (Å²) in [5.74, 6) is -2.21. The molecule has 0 atom stereocenters. The first-order valence-electron chi connectivity index (χ1n) is 5.88. The molecule has 0 amide bonds. The van der Waals surface area contributed by atoms with E-state index in [9.17, 15) is 14.4 Å². The normalized spacial score (nSPS) is 9.65. The maximum atomic E-state index is 12.1. The third kappa shape index (κ3) is 3.24. The summed E-state index contributed by atoms with van der Waals surface area (Å²) in [5, 5.41) is 0. The van der Waals surface area contributed by atoms with Crippen LogP contribution in [-0.4, -0.2) is 17.9 Å². The molecule has 4 heteroatoms. The molecule has 0 aliphatic heterocycles. The Balaban J connectivity index is 0.00000200. The lowest BCUT2D eigenvalue weighted by Gasteiger charge is -2.08. The molecule has 2 aromatic carbocycles. The highest BCUT2D eigenvalue weighted by atomic mass is 16.2. The van der Waals surface area contributed by atoms with E-state index in [2.05, 4.69) is 0 Å². The lowest BCUT2D eigenvalue weighted by Crippen LogP contribution is -2.25. The fourth-order valence-electron chi connectivity index (χ4n) is 1.81. The average Bonchev–Trinajstić information content (AvgIpc) is 2.49. The number of carbonyl (C=O) groups excluding carboxylic acids is 3. The van der Waals surface area contributed by atoms with E-state index in [4.69, 9.17) is 0 Å². The van der Waals surface area contributed by atoms with Crippen molar-refractivity contribution in [2.75, 3.05) is 0 Å². The van der Waals surface area contributed by atoms with Crippen molar-refractivity contribution in [3.63, 3.8) is 0 Å². The van der Waals surface area contributed by atoms with Gasteiger partial charge >= 0.3 is 0 Å². The Morgan fingerprint density at radius 1 is 0.750 bits per heavy atom. The van der Waals surface area contributed by atoms with Crippen molar-refractivity contribution in [3.8, 4) is 0 Å². The van der Waals surface area contributed by atoms with E-state index in [1.807, 2.05) is 0 Å². The molecule has 0 heterocycles. The van der Waals surface area contributed by atoms with Crippen molar-refractivity contribution >= 4 is 17.9 Å². The van der Waals surface area contributed by atoms with Crippen LogP contribution in [0.25, 0.3) is 0 Å². The van der Waals surface area contributed by atoms with Crippen LogP contribution >= 0.6 is 0 Å². The summed E-state index contributed by atoms with van der Waals surface area (Å²) in [6, 6.07) is 16.7. The summed E-state index contributed by atoms with van der Waals surface area (Å²) in [6.45, 7) is 0. The zero-order chi connectivity index (χ0) is 13.7. The molecule has 0 aromatic heterocycles. The van der Waals surface area contributed by atoms with Crippen molar-refractivity contribution in [2.45, 2.75) is 0 Å². The van der Waals surface area contributed by atoms with Gasteiger partial charge in [0.15, 0.2) is 11.6 Å². The van der Waals surface area contributed by atoms with E-state index in [-0.39, 0.29) is 6.15 Å².